The van der Waals surface area contributed by atoms with E-state index in [2.05, 4.69) is 10.6 Å². The largest absolute Gasteiger partial charge is 0.376 e. The fourth-order valence-electron chi connectivity index (χ4n) is 3.19. The highest BCUT2D eigenvalue weighted by Crippen LogP contribution is 2.58. The summed E-state index contributed by atoms with van der Waals surface area (Å²) in [5.74, 6) is 0.454. The van der Waals surface area contributed by atoms with Crippen LogP contribution in [0.5, 0.6) is 0 Å². The van der Waals surface area contributed by atoms with Crippen molar-refractivity contribution in [2.75, 3.05) is 39.5 Å². The van der Waals surface area contributed by atoms with E-state index >= 15 is 0 Å². The van der Waals surface area contributed by atoms with Crippen LogP contribution >= 0.6 is 0 Å². The number of nitrogens with one attached hydrogen (secondary N) is 2. The fraction of sp³-hybridized carbons (Fsp3) is 0.923. The fourth-order valence-corrected chi connectivity index (χ4v) is 3.19. The zero-order valence-corrected chi connectivity index (χ0v) is 10.7. The van der Waals surface area contributed by atoms with Crippen LogP contribution in [0.15, 0.2) is 0 Å². The van der Waals surface area contributed by atoms with E-state index in [9.17, 15) is 4.79 Å². The molecule has 1 saturated carbocycles. The third kappa shape index (κ3) is 2.53. The second kappa shape index (κ2) is 5.15. The van der Waals surface area contributed by atoms with E-state index in [0.29, 0.717) is 31.8 Å². The van der Waals surface area contributed by atoms with Crippen LogP contribution < -0.4 is 10.6 Å². The van der Waals surface area contributed by atoms with Crippen LogP contribution in [-0.2, 0) is 14.3 Å². The van der Waals surface area contributed by atoms with Crippen molar-refractivity contribution in [3.8, 4) is 0 Å². The molecule has 0 radical (unpaired) electrons. The Morgan fingerprint density at radius 1 is 1.33 bits per heavy atom. The smallest absolute Gasteiger partial charge is 0.223 e. The highest BCUT2D eigenvalue weighted by molar-refractivity contribution is 5.82. The van der Waals surface area contributed by atoms with Crippen molar-refractivity contribution in [3.63, 3.8) is 0 Å². The molecule has 2 unspecified atom stereocenters. The predicted molar refractivity (Wildman–Crippen MR) is 66.2 cm³/mol. The number of carbonyl (C=O) groups excluding carboxylic acids is 1. The summed E-state index contributed by atoms with van der Waals surface area (Å²) in [4.78, 5) is 12.1. The van der Waals surface area contributed by atoms with Crippen molar-refractivity contribution in [3.05, 3.63) is 0 Å². The van der Waals surface area contributed by atoms with Crippen molar-refractivity contribution in [1.82, 2.24) is 10.6 Å². The molecule has 3 fully saturated rings. The van der Waals surface area contributed by atoms with Crippen LogP contribution in [0.25, 0.3) is 0 Å². The number of hydrogen-bond acceptors (Lipinski definition) is 4. The average Bonchev–Trinajstić information content (AvgIpc) is 3.12. The molecule has 0 aromatic rings. The van der Waals surface area contributed by atoms with Gasteiger partial charge in [-0.1, -0.05) is 0 Å². The van der Waals surface area contributed by atoms with Gasteiger partial charge in [0.2, 0.25) is 5.91 Å². The molecule has 3 rings (SSSR count). The first-order chi connectivity index (χ1) is 8.80. The number of amides is 1. The SMILES string of the molecule is O=C(NCC1COCCO1)C1CC12CCNCC2. The van der Waals surface area contributed by atoms with Crippen LogP contribution in [0.1, 0.15) is 19.3 Å². The van der Waals surface area contributed by atoms with E-state index in [-0.39, 0.29) is 17.9 Å². The molecule has 2 saturated heterocycles. The van der Waals surface area contributed by atoms with E-state index in [1.165, 1.54) is 0 Å². The molecule has 0 aromatic carbocycles. The topological polar surface area (TPSA) is 59.6 Å². The summed E-state index contributed by atoms with van der Waals surface area (Å²) < 4.78 is 10.8. The van der Waals surface area contributed by atoms with E-state index < -0.39 is 0 Å². The molecular formula is C13H22N2O3. The summed E-state index contributed by atoms with van der Waals surface area (Å²) in [6.45, 7) is 4.61. The number of rotatable bonds is 3. The molecule has 18 heavy (non-hydrogen) atoms. The first-order valence-corrected chi connectivity index (χ1v) is 6.98. The van der Waals surface area contributed by atoms with E-state index in [4.69, 9.17) is 9.47 Å². The van der Waals surface area contributed by atoms with Gasteiger partial charge in [0.15, 0.2) is 0 Å². The molecule has 2 N–H and O–H groups in total. The molecule has 1 amide bonds. The molecule has 1 aliphatic carbocycles. The van der Waals surface area contributed by atoms with Crippen LogP contribution in [0.2, 0.25) is 0 Å². The number of piperidine rings is 1. The molecule has 2 atom stereocenters. The molecule has 1 spiro atoms. The second-order valence-corrected chi connectivity index (χ2v) is 5.68. The minimum absolute atomic E-state index is 0.0328. The second-order valence-electron chi connectivity index (χ2n) is 5.68. The number of ether oxygens (including phenoxy) is 2. The van der Waals surface area contributed by atoms with Crippen molar-refractivity contribution in [2.45, 2.75) is 25.4 Å². The van der Waals surface area contributed by atoms with E-state index in [1.54, 1.807) is 0 Å². The maximum Gasteiger partial charge on any atom is 0.223 e. The molecule has 3 aliphatic rings. The predicted octanol–water partition coefficient (Wildman–Crippen LogP) is -0.0923. The third-order valence-electron chi connectivity index (χ3n) is 4.49. The number of carbonyl (C=O) groups is 1. The van der Waals surface area contributed by atoms with E-state index in [1.807, 2.05) is 0 Å². The van der Waals surface area contributed by atoms with Crippen molar-refractivity contribution in [1.29, 1.82) is 0 Å². The van der Waals surface area contributed by atoms with Gasteiger partial charge in [0.05, 0.1) is 25.9 Å². The Labute approximate surface area is 108 Å². The lowest BCUT2D eigenvalue weighted by molar-refractivity contribution is -0.126. The zero-order valence-electron chi connectivity index (χ0n) is 10.7. The molecule has 5 heteroatoms. The highest BCUT2D eigenvalue weighted by Gasteiger charge is 2.57. The van der Waals surface area contributed by atoms with Gasteiger partial charge in [-0.3, -0.25) is 4.79 Å². The summed E-state index contributed by atoms with van der Waals surface area (Å²) in [5, 5.41) is 6.38. The Bertz CT molecular complexity index is 309. The lowest BCUT2D eigenvalue weighted by Gasteiger charge is -2.25. The summed E-state index contributed by atoms with van der Waals surface area (Å²) in [7, 11) is 0. The van der Waals surface area contributed by atoms with Crippen LogP contribution in [0, 0.1) is 11.3 Å². The molecule has 102 valence electrons. The number of hydrogen-bond donors (Lipinski definition) is 2. The van der Waals surface area contributed by atoms with Crippen LogP contribution in [-0.4, -0.2) is 51.5 Å². The molecular weight excluding hydrogens is 232 g/mol. The third-order valence-corrected chi connectivity index (χ3v) is 4.49. The van der Waals surface area contributed by atoms with Gasteiger partial charge >= 0.3 is 0 Å². The minimum atomic E-state index is 0.0328. The summed E-state index contributed by atoms with van der Waals surface area (Å²) in [6, 6.07) is 0. The monoisotopic (exact) mass is 254 g/mol. The van der Waals surface area contributed by atoms with Crippen LogP contribution in [0.4, 0.5) is 0 Å². The van der Waals surface area contributed by atoms with Crippen molar-refractivity contribution in [2.24, 2.45) is 11.3 Å². The maximum atomic E-state index is 12.1. The maximum absolute atomic E-state index is 12.1. The van der Waals surface area contributed by atoms with Crippen molar-refractivity contribution >= 4 is 5.91 Å². The van der Waals surface area contributed by atoms with E-state index in [0.717, 1.165) is 32.4 Å². The van der Waals surface area contributed by atoms with Gasteiger partial charge in [-0.25, -0.2) is 0 Å². The quantitative estimate of drug-likeness (QED) is 0.739. The van der Waals surface area contributed by atoms with Gasteiger partial charge in [0.1, 0.15) is 0 Å². The molecule has 5 nitrogen and oxygen atoms in total. The first-order valence-electron chi connectivity index (χ1n) is 6.98. The Morgan fingerprint density at radius 3 is 2.89 bits per heavy atom. The average molecular weight is 254 g/mol. The first kappa shape index (κ1) is 12.4. The lowest BCUT2D eigenvalue weighted by Crippen LogP contribution is -2.41. The summed E-state index contributed by atoms with van der Waals surface area (Å²) in [6.07, 6.45) is 3.40. The Hall–Kier alpha value is -0.650. The molecule has 0 aromatic heterocycles. The minimum Gasteiger partial charge on any atom is -0.376 e. The van der Waals surface area contributed by atoms with Gasteiger partial charge in [-0.15, -0.1) is 0 Å². The Kier molecular flexibility index (Phi) is 3.54. The van der Waals surface area contributed by atoms with Gasteiger partial charge < -0.3 is 20.1 Å². The van der Waals surface area contributed by atoms with Gasteiger partial charge in [0, 0.05) is 12.5 Å². The van der Waals surface area contributed by atoms with Crippen molar-refractivity contribution < 1.29 is 14.3 Å². The Balaban J connectivity index is 1.42. The van der Waals surface area contributed by atoms with Gasteiger partial charge in [-0.05, 0) is 37.8 Å². The Morgan fingerprint density at radius 2 is 2.17 bits per heavy atom. The summed E-state index contributed by atoms with van der Waals surface area (Å²) in [5.41, 5.74) is 0.319. The lowest BCUT2D eigenvalue weighted by atomic mass is 9.92. The standard InChI is InChI=1S/C13H22N2O3/c16-12(15-8-10-9-17-5-6-18-10)11-7-13(11)1-3-14-4-2-13/h10-11,14H,1-9H2,(H,15,16). The zero-order chi connectivity index (χ0) is 12.4. The molecule has 2 aliphatic heterocycles. The summed E-state index contributed by atoms with van der Waals surface area (Å²) >= 11 is 0. The molecule has 0 bridgehead atoms. The van der Waals surface area contributed by atoms with Gasteiger partial charge in [0.25, 0.3) is 0 Å². The highest BCUT2D eigenvalue weighted by atomic mass is 16.6. The van der Waals surface area contributed by atoms with Crippen LogP contribution in [0.3, 0.4) is 0 Å². The normalized spacial score (nSPS) is 34.2. The molecule has 2 heterocycles. The van der Waals surface area contributed by atoms with Gasteiger partial charge in [-0.2, -0.15) is 0 Å².